The Morgan fingerprint density at radius 1 is 1.23 bits per heavy atom. The summed E-state index contributed by atoms with van der Waals surface area (Å²) in [5, 5.41) is 6.64. The maximum atomic E-state index is 13.2. The highest BCUT2D eigenvalue weighted by Crippen LogP contribution is 2.28. The summed E-state index contributed by atoms with van der Waals surface area (Å²) in [5.41, 5.74) is 5.26. The van der Waals surface area contributed by atoms with Crippen molar-refractivity contribution in [2.45, 2.75) is 91.2 Å². The topological polar surface area (TPSA) is 58.1 Å². The standard InChI is InChI=1S/C16H19FN4O.C14H18ClN2S.2C2H6/c1-12(22)21-9-2-3-14(21)11-20-10-7-16(19-20)15-5-4-13(17)6-8-18-15;1-12(14(18-3)9-4-6-10-15)13-8-5-7-11-17(13)16-2;2*1-2/h4-8,10,13-14H,2-3,9,11H2,1H3;2,5-8,10-11,14H,4,9H2,1,3H3;2*1-2H3/q;+1;;/b;10-6+,13-12+;;/t13?,14-;;;/m0.../s1. The number of carbonyl (C=O) groups is 1. The van der Waals surface area contributed by atoms with Crippen LogP contribution in [0.25, 0.3) is 4.95 Å². The fourth-order valence-electron chi connectivity index (χ4n) is 4.74. The molecule has 1 saturated heterocycles. The van der Waals surface area contributed by atoms with Crippen molar-refractivity contribution in [1.29, 1.82) is 0 Å². The van der Waals surface area contributed by atoms with E-state index in [0.717, 1.165) is 37.9 Å². The van der Waals surface area contributed by atoms with E-state index in [2.05, 4.69) is 28.2 Å². The second-order valence-corrected chi connectivity index (χ2v) is 10.8. The molecule has 1 aromatic heterocycles. The van der Waals surface area contributed by atoms with Gasteiger partial charge in [-0.3, -0.25) is 14.5 Å². The molecular weight excluding hydrogens is 595 g/mol. The zero-order chi connectivity index (χ0) is 32.9. The molecule has 3 aliphatic heterocycles. The molecule has 2 unspecified atom stereocenters. The third-order valence-electron chi connectivity index (χ3n) is 6.82. The van der Waals surface area contributed by atoms with Crippen molar-refractivity contribution in [3.8, 4) is 6.57 Å². The molecule has 0 spiro atoms. The van der Waals surface area contributed by atoms with E-state index in [4.69, 9.17) is 18.2 Å². The lowest BCUT2D eigenvalue weighted by Gasteiger charge is -2.23. The number of likely N-dealkylation sites (tertiary alicyclic amines) is 1. The number of hydrogen-bond donors (Lipinski definition) is 0. The molecule has 0 bridgehead atoms. The normalized spacial score (nSPS) is 20.3. The van der Waals surface area contributed by atoms with Crippen molar-refractivity contribution in [2.75, 3.05) is 12.8 Å². The zero-order valence-corrected chi connectivity index (χ0v) is 28.8. The smallest absolute Gasteiger partial charge is 0.305 e. The Labute approximate surface area is 273 Å². The van der Waals surface area contributed by atoms with E-state index in [-0.39, 0.29) is 11.9 Å². The second kappa shape index (κ2) is 22.2. The molecule has 0 saturated carbocycles. The van der Waals surface area contributed by atoms with E-state index in [1.54, 1.807) is 23.5 Å². The Kier molecular flexibility index (Phi) is 19.5. The van der Waals surface area contributed by atoms with E-state index in [0.29, 0.717) is 23.2 Å². The minimum Gasteiger partial charge on any atom is -0.338 e. The van der Waals surface area contributed by atoms with Gasteiger partial charge in [-0.2, -0.15) is 16.9 Å². The molecule has 1 amide bonds. The lowest BCUT2D eigenvalue weighted by molar-refractivity contribution is -0.129. The van der Waals surface area contributed by atoms with E-state index < -0.39 is 6.17 Å². The number of carbonyl (C=O) groups excluding carboxylic acids is 1. The number of hydrogen-bond acceptors (Lipinski definition) is 5. The molecule has 0 radical (unpaired) electrons. The molecule has 4 rings (SSSR count). The fraction of sp³-hybridized carbons (Fsp3) is 0.471. The molecule has 4 heterocycles. The number of allylic oxidation sites excluding steroid dienone is 7. The van der Waals surface area contributed by atoms with Gasteiger partial charge in [0.05, 0.1) is 29.5 Å². The van der Waals surface area contributed by atoms with Crippen LogP contribution >= 0.6 is 23.4 Å². The van der Waals surface area contributed by atoms with Crippen LogP contribution in [0.3, 0.4) is 0 Å². The highest BCUT2D eigenvalue weighted by Gasteiger charge is 2.27. The molecule has 10 heteroatoms. The monoisotopic (exact) mass is 643 g/mol. The number of aliphatic imine (C=N–C) groups is 1. The van der Waals surface area contributed by atoms with Gasteiger partial charge in [0.2, 0.25) is 5.91 Å². The Morgan fingerprint density at radius 3 is 2.64 bits per heavy atom. The van der Waals surface area contributed by atoms with Crippen molar-refractivity contribution >= 4 is 35.0 Å². The van der Waals surface area contributed by atoms with Crippen LogP contribution in [0.5, 0.6) is 0 Å². The van der Waals surface area contributed by atoms with Gasteiger partial charge in [0.1, 0.15) is 17.6 Å². The van der Waals surface area contributed by atoms with Crippen LogP contribution in [-0.4, -0.2) is 61.6 Å². The third-order valence-corrected chi connectivity index (χ3v) is 8.16. The molecule has 44 heavy (non-hydrogen) atoms. The summed E-state index contributed by atoms with van der Waals surface area (Å²) in [4.78, 5) is 21.5. The summed E-state index contributed by atoms with van der Waals surface area (Å²) in [6.45, 7) is 18.6. The van der Waals surface area contributed by atoms with Gasteiger partial charge in [0, 0.05) is 36.7 Å². The first-order chi connectivity index (χ1) is 21.4. The van der Waals surface area contributed by atoms with Gasteiger partial charge in [0.15, 0.2) is 0 Å². The number of thioether (sulfide) groups is 1. The van der Waals surface area contributed by atoms with Gasteiger partial charge >= 0.3 is 6.57 Å². The molecule has 3 atom stereocenters. The molecule has 0 N–H and O–H groups in total. The first-order valence-corrected chi connectivity index (χ1v) is 17.0. The minimum absolute atomic E-state index is 0.116. The molecule has 1 fully saturated rings. The lowest BCUT2D eigenvalue weighted by Crippen LogP contribution is -2.36. The van der Waals surface area contributed by atoms with Crippen LogP contribution in [0.2, 0.25) is 0 Å². The van der Waals surface area contributed by atoms with Crippen LogP contribution in [0, 0.1) is 6.57 Å². The van der Waals surface area contributed by atoms with Gasteiger partial charge in [-0.05, 0) is 85.9 Å². The second-order valence-electron chi connectivity index (χ2n) is 9.48. The highest BCUT2D eigenvalue weighted by molar-refractivity contribution is 7.99. The molecule has 0 aromatic carbocycles. The maximum absolute atomic E-state index is 13.2. The van der Waals surface area contributed by atoms with Crippen molar-refractivity contribution in [3.63, 3.8) is 0 Å². The highest BCUT2D eigenvalue weighted by atomic mass is 35.5. The Balaban J connectivity index is 0.000000403. The molecule has 0 aliphatic carbocycles. The predicted molar refractivity (Wildman–Crippen MR) is 188 cm³/mol. The zero-order valence-electron chi connectivity index (χ0n) is 27.2. The van der Waals surface area contributed by atoms with Crippen LogP contribution in [0.4, 0.5) is 4.39 Å². The Bertz CT molecular complexity index is 1270. The first kappa shape index (κ1) is 38.7. The lowest BCUT2D eigenvalue weighted by atomic mass is 10.1. The summed E-state index contributed by atoms with van der Waals surface area (Å²) < 4.78 is 15.0. The third kappa shape index (κ3) is 12.3. The summed E-state index contributed by atoms with van der Waals surface area (Å²) in [7, 11) is 0. The largest absolute Gasteiger partial charge is 0.338 e. The molecular formula is C34H49ClFN6OS+. The van der Waals surface area contributed by atoms with Crippen molar-refractivity contribution in [2.24, 2.45) is 4.99 Å². The molecule has 7 nitrogen and oxygen atoms in total. The van der Waals surface area contributed by atoms with Crippen LogP contribution in [0.1, 0.15) is 72.9 Å². The summed E-state index contributed by atoms with van der Waals surface area (Å²) in [5.74, 6) is 0.116. The van der Waals surface area contributed by atoms with Gasteiger partial charge < -0.3 is 4.90 Å². The van der Waals surface area contributed by atoms with E-state index in [1.807, 2.05) is 91.8 Å². The van der Waals surface area contributed by atoms with Gasteiger partial charge in [-0.1, -0.05) is 51.4 Å². The predicted octanol–water partition coefficient (Wildman–Crippen LogP) is 8.95. The number of aromatic nitrogens is 2. The number of alkyl halides is 1. The number of nitrogens with zero attached hydrogens (tertiary/aromatic N) is 6. The van der Waals surface area contributed by atoms with E-state index in [9.17, 15) is 9.18 Å². The van der Waals surface area contributed by atoms with Crippen LogP contribution < -0.4 is 0 Å². The molecule has 240 valence electrons. The Hall–Kier alpha value is -3.35. The van der Waals surface area contributed by atoms with Crippen molar-refractivity contribution < 1.29 is 9.18 Å². The van der Waals surface area contributed by atoms with E-state index >= 15 is 0 Å². The molecule has 3 aliphatic rings. The number of amides is 1. The first-order valence-electron chi connectivity index (χ1n) is 15.3. The van der Waals surface area contributed by atoms with Gasteiger partial charge in [-0.25, -0.2) is 4.39 Å². The van der Waals surface area contributed by atoms with Gasteiger partial charge in [0.25, 0.3) is 0 Å². The van der Waals surface area contributed by atoms with Crippen LogP contribution in [-0.2, 0) is 11.3 Å². The van der Waals surface area contributed by atoms with Crippen LogP contribution in [0.15, 0.2) is 89.0 Å². The van der Waals surface area contributed by atoms with Crippen molar-refractivity contribution in [3.05, 3.63) is 94.6 Å². The maximum Gasteiger partial charge on any atom is 0.305 e. The number of halogens is 2. The summed E-state index contributed by atoms with van der Waals surface area (Å²) in [6, 6.07) is 2.06. The van der Waals surface area contributed by atoms with E-state index in [1.165, 1.54) is 23.9 Å². The minimum atomic E-state index is -1.11. The average Bonchev–Trinajstić information content (AvgIpc) is 3.67. The summed E-state index contributed by atoms with van der Waals surface area (Å²) >= 11 is 7.38. The fourth-order valence-corrected chi connectivity index (χ4v) is 5.71. The van der Waals surface area contributed by atoms with Gasteiger partial charge in [-0.15, -0.1) is 0 Å². The van der Waals surface area contributed by atoms with Crippen molar-refractivity contribution in [1.82, 2.24) is 19.7 Å². The molecule has 1 aromatic rings. The average molecular weight is 644 g/mol. The summed E-state index contributed by atoms with van der Waals surface area (Å²) in [6.07, 6.45) is 22.7. The SMILES string of the molecule is C#[N+]N1C=CC=C/C1=C(/C)C(CC/C=C/Cl)SC.CC.CC.CC(=O)N1CCC[C@H]1Cn1ccc(C2=NC=CC(F)C=C2)n1. The number of rotatable bonds is 8. The quantitative estimate of drug-likeness (QED) is 0.284. The Morgan fingerprint density at radius 2 is 1.98 bits per heavy atom.